The largest absolute Gasteiger partial charge is 0.351 e. The molecule has 104 valence electrons. The fourth-order valence-electron chi connectivity index (χ4n) is 2.42. The number of nitrogens with one attached hydrogen (secondary N) is 2. The Balaban J connectivity index is 1.99. The molecule has 4 heteroatoms. The Morgan fingerprint density at radius 2 is 2.32 bits per heavy atom. The van der Waals surface area contributed by atoms with Crippen LogP contribution in [-0.2, 0) is 4.79 Å². The fourth-order valence-corrected chi connectivity index (χ4v) is 2.62. The highest BCUT2D eigenvalue weighted by Crippen LogP contribution is 2.20. The highest BCUT2D eigenvalue weighted by Gasteiger charge is 2.25. The molecule has 2 rings (SSSR count). The van der Waals surface area contributed by atoms with E-state index in [1.165, 1.54) is 0 Å². The zero-order valence-corrected chi connectivity index (χ0v) is 12.2. The third-order valence-corrected chi connectivity index (χ3v) is 4.13. The van der Waals surface area contributed by atoms with Crippen LogP contribution in [-0.4, -0.2) is 25.0 Å². The molecule has 0 bridgehead atoms. The minimum absolute atomic E-state index is 0.0721. The molecule has 1 aromatic rings. The Morgan fingerprint density at radius 1 is 1.53 bits per heavy atom. The number of rotatable bonds is 3. The van der Waals surface area contributed by atoms with Gasteiger partial charge in [0.25, 0.3) is 0 Å². The highest BCUT2D eigenvalue weighted by atomic mass is 35.5. The van der Waals surface area contributed by atoms with Gasteiger partial charge in [0.05, 0.1) is 5.92 Å². The van der Waals surface area contributed by atoms with Crippen molar-refractivity contribution in [2.24, 2.45) is 5.92 Å². The molecule has 3 nitrogen and oxygen atoms in total. The SMILES string of the molecule is CC(C(=O)NC1CNCCC1C)c1cccc(Cl)c1. The average Bonchev–Trinajstić information content (AvgIpc) is 2.40. The van der Waals surface area contributed by atoms with E-state index in [0.717, 1.165) is 25.1 Å². The van der Waals surface area contributed by atoms with E-state index in [2.05, 4.69) is 17.6 Å². The molecule has 0 radical (unpaired) electrons. The molecule has 1 amide bonds. The van der Waals surface area contributed by atoms with Crippen LogP contribution in [0.15, 0.2) is 24.3 Å². The van der Waals surface area contributed by atoms with Crippen molar-refractivity contribution in [1.82, 2.24) is 10.6 Å². The van der Waals surface area contributed by atoms with Gasteiger partial charge in [-0.15, -0.1) is 0 Å². The van der Waals surface area contributed by atoms with Gasteiger partial charge >= 0.3 is 0 Å². The van der Waals surface area contributed by atoms with Crippen LogP contribution in [0.4, 0.5) is 0 Å². The van der Waals surface area contributed by atoms with Crippen molar-refractivity contribution in [2.45, 2.75) is 32.2 Å². The predicted molar refractivity (Wildman–Crippen MR) is 78.4 cm³/mol. The molecule has 0 aliphatic carbocycles. The van der Waals surface area contributed by atoms with Crippen molar-refractivity contribution < 1.29 is 4.79 Å². The van der Waals surface area contributed by atoms with Gasteiger partial charge in [-0.25, -0.2) is 0 Å². The fraction of sp³-hybridized carbons (Fsp3) is 0.533. The van der Waals surface area contributed by atoms with Gasteiger partial charge in [-0.3, -0.25) is 4.79 Å². The number of carbonyl (C=O) groups excluding carboxylic acids is 1. The highest BCUT2D eigenvalue weighted by molar-refractivity contribution is 6.30. The summed E-state index contributed by atoms with van der Waals surface area (Å²) in [6.45, 7) is 6.00. The first-order valence-corrected chi connectivity index (χ1v) is 7.22. The summed E-state index contributed by atoms with van der Waals surface area (Å²) in [5, 5.41) is 7.14. The first-order valence-electron chi connectivity index (χ1n) is 6.84. The smallest absolute Gasteiger partial charge is 0.227 e. The summed E-state index contributed by atoms with van der Waals surface area (Å²) in [7, 11) is 0. The molecular formula is C15H21ClN2O. The summed E-state index contributed by atoms with van der Waals surface area (Å²) in [4.78, 5) is 12.3. The maximum absolute atomic E-state index is 12.3. The van der Waals surface area contributed by atoms with Gasteiger partial charge in [-0.2, -0.15) is 0 Å². The van der Waals surface area contributed by atoms with Crippen LogP contribution in [0.25, 0.3) is 0 Å². The number of amides is 1. The van der Waals surface area contributed by atoms with Crippen LogP contribution in [0.1, 0.15) is 31.7 Å². The molecule has 19 heavy (non-hydrogen) atoms. The summed E-state index contributed by atoms with van der Waals surface area (Å²) in [5.74, 6) is 0.424. The number of hydrogen-bond donors (Lipinski definition) is 2. The van der Waals surface area contributed by atoms with Crippen LogP contribution in [0.5, 0.6) is 0 Å². The Morgan fingerprint density at radius 3 is 3.00 bits per heavy atom. The quantitative estimate of drug-likeness (QED) is 0.893. The predicted octanol–water partition coefficient (Wildman–Crippen LogP) is 2.56. The number of benzene rings is 1. The van der Waals surface area contributed by atoms with E-state index in [4.69, 9.17) is 11.6 Å². The lowest BCUT2D eigenvalue weighted by atomic mass is 9.93. The van der Waals surface area contributed by atoms with E-state index in [0.29, 0.717) is 10.9 Å². The van der Waals surface area contributed by atoms with Crippen LogP contribution in [0, 0.1) is 5.92 Å². The third kappa shape index (κ3) is 3.71. The molecule has 3 unspecified atom stereocenters. The number of carbonyl (C=O) groups is 1. The van der Waals surface area contributed by atoms with E-state index in [9.17, 15) is 4.79 Å². The third-order valence-electron chi connectivity index (χ3n) is 3.90. The van der Waals surface area contributed by atoms with Gasteiger partial charge in [0, 0.05) is 17.6 Å². The number of hydrogen-bond acceptors (Lipinski definition) is 2. The summed E-state index contributed by atoms with van der Waals surface area (Å²) < 4.78 is 0. The second kappa shape index (κ2) is 6.40. The summed E-state index contributed by atoms with van der Waals surface area (Å²) in [5.41, 5.74) is 0.960. The molecule has 0 aromatic heterocycles. The van der Waals surface area contributed by atoms with Crippen LogP contribution in [0.2, 0.25) is 5.02 Å². The molecule has 1 aliphatic heterocycles. The molecular weight excluding hydrogens is 260 g/mol. The van der Waals surface area contributed by atoms with Gasteiger partial charge in [0.15, 0.2) is 0 Å². The molecule has 2 N–H and O–H groups in total. The van der Waals surface area contributed by atoms with E-state index in [1.807, 2.05) is 31.2 Å². The first kappa shape index (κ1) is 14.4. The van der Waals surface area contributed by atoms with Crippen molar-refractivity contribution in [3.63, 3.8) is 0 Å². The van der Waals surface area contributed by atoms with Gasteiger partial charge < -0.3 is 10.6 Å². The topological polar surface area (TPSA) is 41.1 Å². The van der Waals surface area contributed by atoms with E-state index < -0.39 is 0 Å². The Labute approximate surface area is 119 Å². The average molecular weight is 281 g/mol. The second-order valence-corrected chi connectivity index (χ2v) is 5.80. The van der Waals surface area contributed by atoms with Crippen LogP contribution in [0.3, 0.4) is 0 Å². The molecule has 0 saturated carbocycles. The Bertz CT molecular complexity index is 450. The van der Waals surface area contributed by atoms with E-state index >= 15 is 0 Å². The van der Waals surface area contributed by atoms with Crippen LogP contribution < -0.4 is 10.6 Å². The molecule has 3 atom stereocenters. The minimum Gasteiger partial charge on any atom is -0.351 e. The summed E-state index contributed by atoms with van der Waals surface area (Å²) in [6.07, 6.45) is 1.11. The molecule has 0 spiro atoms. The zero-order valence-electron chi connectivity index (χ0n) is 11.4. The molecule has 1 saturated heterocycles. The van der Waals surface area contributed by atoms with Crippen molar-refractivity contribution in [1.29, 1.82) is 0 Å². The maximum Gasteiger partial charge on any atom is 0.227 e. The van der Waals surface area contributed by atoms with Gasteiger partial charge in [0.2, 0.25) is 5.91 Å². The van der Waals surface area contributed by atoms with Gasteiger partial charge in [-0.05, 0) is 43.5 Å². The van der Waals surface area contributed by atoms with Gasteiger partial charge in [-0.1, -0.05) is 30.7 Å². The molecule has 1 fully saturated rings. The second-order valence-electron chi connectivity index (χ2n) is 5.36. The summed E-state index contributed by atoms with van der Waals surface area (Å²) in [6, 6.07) is 7.73. The lowest BCUT2D eigenvalue weighted by Crippen LogP contribution is -2.51. The Kier molecular flexibility index (Phi) is 4.83. The summed E-state index contributed by atoms with van der Waals surface area (Å²) >= 11 is 5.97. The first-order chi connectivity index (χ1) is 9.08. The van der Waals surface area contributed by atoms with E-state index in [-0.39, 0.29) is 17.9 Å². The normalized spacial score (nSPS) is 24.8. The van der Waals surface area contributed by atoms with Crippen molar-refractivity contribution in [2.75, 3.05) is 13.1 Å². The van der Waals surface area contributed by atoms with Crippen molar-refractivity contribution >= 4 is 17.5 Å². The lowest BCUT2D eigenvalue weighted by molar-refractivity contribution is -0.123. The number of piperidine rings is 1. The standard InChI is InChI=1S/C15H21ClN2O/c1-10-6-7-17-9-14(10)18-15(19)11(2)12-4-3-5-13(16)8-12/h3-5,8,10-11,14,17H,6-7,9H2,1-2H3,(H,18,19). The maximum atomic E-state index is 12.3. The minimum atomic E-state index is -0.173. The number of halogens is 1. The molecule has 1 heterocycles. The monoisotopic (exact) mass is 280 g/mol. The molecule has 1 aliphatic rings. The lowest BCUT2D eigenvalue weighted by Gasteiger charge is -2.31. The van der Waals surface area contributed by atoms with Crippen LogP contribution >= 0.6 is 11.6 Å². The van der Waals surface area contributed by atoms with E-state index in [1.54, 1.807) is 0 Å². The van der Waals surface area contributed by atoms with Gasteiger partial charge in [0.1, 0.15) is 0 Å². The van der Waals surface area contributed by atoms with Crippen molar-refractivity contribution in [3.05, 3.63) is 34.9 Å². The Hall–Kier alpha value is -1.06. The van der Waals surface area contributed by atoms with Crippen molar-refractivity contribution in [3.8, 4) is 0 Å². The zero-order chi connectivity index (χ0) is 13.8. The molecule has 1 aromatic carbocycles.